The van der Waals surface area contributed by atoms with Crippen molar-refractivity contribution in [3.63, 3.8) is 0 Å². The Labute approximate surface area is 123 Å². The van der Waals surface area contributed by atoms with Crippen LogP contribution in [0.25, 0.3) is 0 Å². The highest BCUT2D eigenvalue weighted by molar-refractivity contribution is 7.10. The number of carbonyl (C=O) groups is 2. The maximum absolute atomic E-state index is 13.6. The van der Waals surface area contributed by atoms with Gasteiger partial charge >= 0.3 is 0 Å². The van der Waals surface area contributed by atoms with Gasteiger partial charge in [0.25, 0.3) is 5.91 Å². The van der Waals surface area contributed by atoms with Crippen molar-refractivity contribution < 1.29 is 18.7 Å². The molecule has 0 atom stereocenters. The number of amides is 2. The van der Waals surface area contributed by atoms with Crippen molar-refractivity contribution >= 4 is 34.5 Å². The molecule has 1 aliphatic heterocycles. The van der Waals surface area contributed by atoms with Crippen molar-refractivity contribution in [3.8, 4) is 5.75 Å². The first-order valence-electron chi connectivity index (χ1n) is 6.20. The quantitative estimate of drug-likeness (QED) is 0.915. The maximum atomic E-state index is 13.6. The van der Waals surface area contributed by atoms with Crippen LogP contribution < -0.4 is 15.4 Å². The second-order valence-electron chi connectivity index (χ2n) is 4.47. The molecule has 0 saturated heterocycles. The van der Waals surface area contributed by atoms with E-state index in [-0.39, 0.29) is 42.0 Å². The topological polar surface area (TPSA) is 67.4 Å². The maximum Gasteiger partial charge on any atom is 0.262 e. The third-order valence-electron chi connectivity index (χ3n) is 2.86. The molecule has 0 fully saturated rings. The zero-order chi connectivity index (χ0) is 14.8. The average molecular weight is 306 g/mol. The molecular formula is C14H11FN2O3S. The van der Waals surface area contributed by atoms with E-state index in [4.69, 9.17) is 4.74 Å². The molecule has 2 N–H and O–H groups in total. The highest BCUT2D eigenvalue weighted by Gasteiger charge is 2.21. The molecule has 1 aliphatic rings. The standard InChI is InChI=1S/C14H11FN2O3S/c15-8-4-10(14-11(5-8)17-13(19)7-20-14)16-12(18)6-9-2-1-3-21-9/h1-5H,6-7H2,(H,16,18)(H,17,19). The summed E-state index contributed by atoms with van der Waals surface area (Å²) in [4.78, 5) is 24.1. The Morgan fingerprint density at radius 3 is 3.10 bits per heavy atom. The third-order valence-corrected chi connectivity index (χ3v) is 3.74. The Hall–Kier alpha value is -2.41. The van der Waals surface area contributed by atoms with Crippen LogP contribution in [0.4, 0.5) is 15.8 Å². The van der Waals surface area contributed by atoms with Gasteiger partial charge in [-0.1, -0.05) is 6.07 Å². The molecule has 1 aromatic carbocycles. The molecule has 1 aromatic heterocycles. The summed E-state index contributed by atoms with van der Waals surface area (Å²) in [6, 6.07) is 6.03. The molecule has 0 aliphatic carbocycles. The molecule has 5 nitrogen and oxygen atoms in total. The van der Waals surface area contributed by atoms with E-state index in [0.29, 0.717) is 0 Å². The van der Waals surface area contributed by atoms with Crippen molar-refractivity contribution in [1.29, 1.82) is 0 Å². The summed E-state index contributed by atoms with van der Waals surface area (Å²) in [6.07, 6.45) is 0.204. The molecule has 0 bridgehead atoms. The molecule has 0 spiro atoms. The van der Waals surface area contributed by atoms with Crippen LogP contribution in [0.5, 0.6) is 5.75 Å². The number of nitrogens with one attached hydrogen (secondary N) is 2. The van der Waals surface area contributed by atoms with E-state index in [1.807, 2.05) is 17.5 Å². The molecule has 0 unspecified atom stereocenters. The normalized spacial score (nSPS) is 13.1. The lowest BCUT2D eigenvalue weighted by Crippen LogP contribution is -2.26. The summed E-state index contributed by atoms with van der Waals surface area (Å²) in [6.45, 7) is -0.160. The van der Waals surface area contributed by atoms with E-state index in [1.54, 1.807) is 0 Å². The van der Waals surface area contributed by atoms with Crippen LogP contribution in [-0.4, -0.2) is 18.4 Å². The summed E-state index contributed by atoms with van der Waals surface area (Å²) in [5.74, 6) is -0.920. The fourth-order valence-electron chi connectivity index (χ4n) is 2.02. The van der Waals surface area contributed by atoms with Gasteiger partial charge in [0.15, 0.2) is 12.4 Å². The fraction of sp³-hybridized carbons (Fsp3) is 0.143. The molecule has 7 heteroatoms. The Balaban J connectivity index is 1.82. The van der Waals surface area contributed by atoms with E-state index < -0.39 is 5.82 Å². The summed E-state index contributed by atoms with van der Waals surface area (Å²) >= 11 is 1.47. The van der Waals surface area contributed by atoms with Crippen LogP contribution in [0.3, 0.4) is 0 Å². The smallest absolute Gasteiger partial charge is 0.262 e. The number of anilines is 2. The SMILES string of the molecule is O=C1COc2c(cc(F)cc2NC(=O)Cc2cccs2)N1. The first-order chi connectivity index (χ1) is 10.1. The van der Waals surface area contributed by atoms with E-state index in [2.05, 4.69) is 10.6 Å². The molecule has 108 valence electrons. The van der Waals surface area contributed by atoms with Crippen molar-refractivity contribution in [2.75, 3.05) is 17.2 Å². The second-order valence-corrected chi connectivity index (χ2v) is 5.50. The van der Waals surface area contributed by atoms with Crippen LogP contribution >= 0.6 is 11.3 Å². The molecule has 2 aromatic rings. The zero-order valence-electron chi connectivity index (χ0n) is 10.8. The van der Waals surface area contributed by atoms with Crippen molar-refractivity contribution in [2.45, 2.75) is 6.42 Å². The summed E-state index contributed by atoms with van der Waals surface area (Å²) < 4.78 is 18.8. The van der Waals surface area contributed by atoms with Gasteiger partial charge in [0, 0.05) is 17.0 Å². The van der Waals surface area contributed by atoms with Gasteiger partial charge < -0.3 is 15.4 Å². The van der Waals surface area contributed by atoms with Crippen LogP contribution in [0.2, 0.25) is 0 Å². The van der Waals surface area contributed by atoms with Gasteiger partial charge in [-0.15, -0.1) is 11.3 Å². The monoisotopic (exact) mass is 306 g/mol. The third kappa shape index (κ3) is 3.03. The molecule has 2 amide bonds. The number of hydrogen-bond donors (Lipinski definition) is 2. The largest absolute Gasteiger partial charge is 0.479 e. The number of carbonyl (C=O) groups excluding carboxylic acids is 2. The molecule has 0 radical (unpaired) electrons. The van der Waals surface area contributed by atoms with Gasteiger partial charge in [0.2, 0.25) is 5.91 Å². The van der Waals surface area contributed by atoms with Gasteiger partial charge in [0.1, 0.15) is 5.82 Å². The predicted molar refractivity (Wildman–Crippen MR) is 77.2 cm³/mol. The van der Waals surface area contributed by atoms with Crippen LogP contribution in [-0.2, 0) is 16.0 Å². The van der Waals surface area contributed by atoms with Gasteiger partial charge in [-0.25, -0.2) is 4.39 Å². The minimum atomic E-state index is -0.564. The number of rotatable bonds is 3. The molecule has 0 saturated carbocycles. The minimum Gasteiger partial charge on any atom is -0.479 e. The second kappa shape index (κ2) is 5.53. The summed E-state index contributed by atoms with van der Waals surface area (Å²) in [5.41, 5.74) is 0.434. The Morgan fingerprint density at radius 2 is 2.33 bits per heavy atom. The Bertz CT molecular complexity index is 700. The van der Waals surface area contributed by atoms with E-state index in [1.165, 1.54) is 17.4 Å². The number of ether oxygens (including phenoxy) is 1. The summed E-state index contributed by atoms with van der Waals surface area (Å²) in [5, 5.41) is 7.00. The van der Waals surface area contributed by atoms with Crippen molar-refractivity contribution in [3.05, 3.63) is 40.3 Å². The van der Waals surface area contributed by atoms with E-state index in [9.17, 15) is 14.0 Å². The first kappa shape index (κ1) is 13.6. The van der Waals surface area contributed by atoms with Gasteiger partial charge in [-0.3, -0.25) is 9.59 Å². The number of fused-ring (bicyclic) bond motifs is 1. The minimum absolute atomic E-state index is 0.160. The van der Waals surface area contributed by atoms with Gasteiger partial charge in [-0.05, 0) is 11.4 Å². The van der Waals surface area contributed by atoms with Crippen LogP contribution in [0.1, 0.15) is 4.88 Å². The lowest BCUT2D eigenvalue weighted by Gasteiger charge is -2.21. The first-order valence-corrected chi connectivity index (χ1v) is 7.08. The lowest BCUT2D eigenvalue weighted by atomic mass is 10.2. The summed E-state index contributed by atoms with van der Waals surface area (Å²) in [7, 11) is 0. The molecule has 3 rings (SSSR count). The number of benzene rings is 1. The van der Waals surface area contributed by atoms with Gasteiger partial charge in [-0.2, -0.15) is 0 Å². The van der Waals surface area contributed by atoms with Crippen LogP contribution in [0, 0.1) is 5.82 Å². The Morgan fingerprint density at radius 1 is 1.48 bits per heavy atom. The fourth-order valence-corrected chi connectivity index (χ4v) is 2.73. The lowest BCUT2D eigenvalue weighted by molar-refractivity contribution is -0.118. The predicted octanol–water partition coefficient (Wildman–Crippen LogP) is 2.40. The highest BCUT2D eigenvalue weighted by atomic mass is 32.1. The number of halogens is 1. The molecule has 21 heavy (non-hydrogen) atoms. The average Bonchev–Trinajstić information content (AvgIpc) is 2.90. The Kier molecular flexibility index (Phi) is 3.57. The van der Waals surface area contributed by atoms with Crippen LogP contribution in [0.15, 0.2) is 29.6 Å². The number of hydrogen-bond acceptors (Lipinski definition) is 4. The van der Waals surface area contributed by atoms with Crippen molar-refractivity contribution in [1.82, 2.24) is 0 Å². The molecular weight excluding hydrogens is 295 g/mol. The molecule has 2 heterocycles. The zero-order valence-corrected chi connectivity index (χ0v) is 11.6. The number of thiophene rings is 1. The highest BCUT2D eigenvalue weighted by Crippen LogP contribution is 2.36. The van der Waals surface area contributed by atoms with E-state index in [0.717, 1.165) is 10.9 Å². The van der Waals surface area contributed by atoms with Crippen molar-refractivity contribution in [2.24, 2.45) is 0 Å². The van der Waals surface area contributed by atoms with E-state index >= 15 is 0 Å². The van der Waals surface area contributed by atoms with Gasteiger partial charge in [0.05, 0.1) is 17.8 Å².